The van der Waals surface area contributed by atoms with E-state index in [0.29, 0.717) is 18.8 Å². The number of hydrogen-bond donors (Lipinski definition) is 1. The zero-order chi connectivity index (χ0) is 17.0. The third kappa shape index (κ3) is 4.02. The predicted octanol–water partition coefficient (Wildman–Crippen LogP) is 1.64. The number of aromatic nitrogens is 1. The average molecular weight is 344 g/mol. The summed E-state index contributed by atoms with van der Waals surface area (Å²) in [5.74, 6) is 0.530. The zero-order valence-corrected chi connectivity index (χ0v) is 14.2. The Kier molecular flexibility index (Phi) is 4.97. The minimum Gasteiger partial charge on any atom is -0.384 e. The normalized spacial score (nSPS) is 17.5. The van der Waals surface area contributed by atoms with Gasteiger partial charge in [0.1, 0.15) is 11.8 Å². The van der Waals surface area contributed by atoms with E-state index in [-0.39, 0.29) is 11.5 Å². The molecular formula is C17H20N4O2S. The van der Waals surface area contributed by atoms with Crippen LogP contribution in [0.15, 0.2) is 30.3 Å². The molecule has 126 valence electrons. The number of para-hydroxylation sites is 1. The molecule has 3 rings (SSSR count). The Bertz CT molecular complexity index is 860. The second kappa shape index (κ2) is 7.16. The Hall–Kier alpha value is -2.17. The first-order valence-electron chi connectivity index (χ1n) is 8.04. The number of fused-ring (bicyclic) bond motifs is 1. The van der Waals surface area contributed by atoms with Crippen LogP contribution in [-0.2, 0) is 9.84 Å². The number of benzene rings is 1. The highest BCUT2D eigenvalue weighted by molar-refractivity contribution is 7.91. The fraction of sp³-hybridized carbons (Fsp3) is 0.412. The van der Waals surface area contributed by atoms with Gasteiger partial charge < -0.3 is 10.2 Å². The summed E-state index contributed by atoms with van der Waals surface area (Å²) in [6, 6.07) is 11.6. The van der Waals surface area contributed by atoms with Crippen LogP contribution in [0.3, 0.4) is 0 Å². The van der Waals surface area contributed by atoms with Crippen LogP contribution in [0, 0.1) is 11.3 Å². The summed E-state index contributed by atoms with van der Waals surface area (Å²) in [5, 5.41) is 13.5. The van der Waals surface area contributed by atoms with Crippen LogP contribution in [0.5, 0.6) is 0 Å². The molecule has 0 saturated carbocycles. The fourth-order valence-electron chi connectivity index (χ4n) is 2.88. The predicted molar refractivity (Wildman–Crippen MR) is 94.7 cm³/mol. The van der Waals surface area contributed by atoms with Gasteiger partial charge in [-0.2, -0.15) is 5.26 Å². The molecule has 0 bridgehead atoms. The smallest absolute Gasteiger partial charge is 0.152 e. The van der Waals surface area contributed by atoms with Gasteiger partial charge in [-0.25, -0.2) is 13.4 Å². The summed E-state index contributed by atoms with van der Waals surface area (Å²) in [7, 11) is -2.82. The lowest BCUT2D eigenvalue weighted by atomic mass is 10.1. The highest BCUT2D eigenvalue weighted by Crippen LogP contribution is 2.22. The van der Waals surface area contributed by atoms with Crippen molar-refractivity contribution in [2.24, 2.45) is 0 Å². The van der Waals surface area contributed by atoms with Gasteiger partial charge in [-0.3, -0.25) is 0 Å². The molecule has 0 spiro atoms. The van der Waals surface area contributed by atoms with Gasteiger partial charge in [0.05, 0.1) is 17.0 Å². The summed E-state index contributed by atoms with van der Waals surface area (Å²) in [6.45, 7) is 2.89. The van der Waals surface area contributed by atoms with Crippen LogP contribution in [0.2, 0.25) is 0 Å². The number of nitrogens with one attached hydrogen (secondary N) is 1. The van der Waals surface area contributed by atoms with Crippen molar-refractivity contribution in [3.63, 3.8) is 0 Å². The lowest BCUT2D eigenvalue weighted by molar-refractivity contribution is 0.295. The first kappa shape index (κ1) is 16.7. The number of nitriles is 1. The Morgan fingerprint density at radius 3 is 2.75 bits per heavy atom. The van der Waals surface area contributed by atoms with Crippen LogP contribution < -0.4 is 5.32 Å². The van der Waals surface area contributed by atoms with Gasteiger partial charge in [0, 0.05) is 30.7 Å². The van der Waals surface area contributed by atoms with E-state index in [9.17, 15) is 8.42 Å². The quantitative estimate of drug-likeness (QED) is 0.830. The molecule has 1 aliphatic rings. The van der Waals surface area contributed by atoms with Gasteiger partial charge in [-0.05, 0) is 25.1 Å². The Morgan fingerprint density at radius 1 is 1.25 bits per heavy atom. The molecule has 1 N–H and O–H groups in total. The van der Waals surface area contributed by atoms with E-state index < -0.39 is 9.84 Å². The minimum atomic E-state index is -2.82. The Balaban J connectivity index is 1.57. The van der Waals surface area contributed by atoms with Crippen molar-refractivity contribution < 1.29 is 8.42 Å². The molecule has 1 saturated heterocycles. The van der Waals surface area contributed by atoms with Crippen molar-refractivity contribution >= 4 is 26.4 Å². The molecule has 1 aromatic heterocycles. The fourth-order valence-corrected chi connectivity index (χ4v) is 4.16. The average Bonchev–Trinajstić information content (AvgIpc) is 2.59. The topological polar surface area (TPSA) is 86.1 Å². The molecule has 24 heavy (non-hydrogen) atoms. The molecule has 6 nitrogen and oxygen atoms in total. The lowest BCUT2D eigenvalue weighted by Crippen LogP contribution is -2.41. The van der Waals surface area contributed by atoms with E-state index in [1.807, 2.05) is 24.3 Å². The van der Waals surface area contributed by atoms with Gasteiger partial charge in [0.2, 0.25) is 0 Å². The molecule has 7 heteroatoms. The molecule has 1 aromatic carbocycles. The third-order valence-electron chi connectivity index (χ3n) is 4.23. The van der Waals surface area contributed by atoms with Gasteiger partial charge in [-0.1, -0.05) is 18.2 Å². The first-order valence-corrected chi connectivity index (χ1v) is 9.86. The van der Waals surface area contributed by atoms with Crippen molar-refractivity contribution in [3.8, 4) is 6.07 Å². The first-order chi connectivity index (χ1) is 11.6. The van der Waals surface area contributed by atoms with Crippen LogP contribution in [0.25, 0.3) is 10.9 Å². The standard InChI is InChI=1S/C17H20N4O2S/c18-13-14-12-17(15-4-1-2-5-16(15)20-14)19-6-3-7-21-8-10-24(22,23)11-9-21/h1-2,4-5,12H,3,6-11H2,(H,19,20). The zero-order valence-electron chi connectivity index (χ0n) is 13.4. The molecule has 2 heterocycles. The van der Waals surface area contributed by atoms with Gasteiger partial charge in [0.15, 0.2) is 9.84 Å². The molecule has 0 aliphatic carbocycles. The molecule has 0 amide bonds. The summed E-state index contributed by atoms with van der Waals surface area (Å²) in [5.41, 5.74) is 2.12. The summed E-state index contributed by atoms with van der Waals surface area (Å²) >= 11 is 0. The maximum Gasteiger partial charge on any atom is 0.152 e. The minimum absolute atomic E-state index is 0.265. The second-order valence-corrected chi connectivity index (χ2v) is 8.26. The van der Waals surface area contributed by atoms with Gasteiger partial charge in [0.25, 0.3) is 0 Å². The van der Waals surface area contributed by atoms with Crippen molar-refractivity contribution in [2.75, 3.05) is 43.0 Å². The number of rotatable bonds is 5. The third-order valence-corrected chi connectivity index (χ3v) is 5.84. The van der Waals surface area contributed by atoms with Gasteiger partial charge >= 0.3 is 0 Å². The highest BCUT2D eigenvalue weighted by Gasteiger charge is 2.20. The van der Waals surface area contributed by atoms with E-state index in [0.717, 1.165) is 36.1 Å². The number of hydrogen-bond acceptors (Lipinski definition) is 6. The molecule has 2 aromatic rings. The van der Waals surface area contributed by atoms with E-state index in [2.05, 4.69) is 21.3 Å². The largest absolute Gasteiger partial charge is 0.384 e. The van der Waals surface area contributed by atoms with Crippen molar-refractivity contribution in [1.82, 2.24) is 9.88 Å². The number of pyridine rings is 1. The van der Waals surface area contributed by atoms with Crippen molar-refractivity contribution in [1.29, 1.82) is 5.26 Å². The van der Waals surface area contributed by atoms with E-state index in [1.54, 1.807) is 6.07 Å². The van der Waals surface area contributed by atoms with Crippen LogP contribution >= 0.6 is 0 Å². The van der Waals surface area contributed by atoms with E-state index >= 15 is 0 Å². The van der Waals surface area contributed by atoms with E-state index in [4.69, 9.17) is 5.26 Å². The Morgan fingerprint density at radius 2 is 2.00 bits per heavy atom. The van der Waals surface area contributed by atoms with Crippen LogP contribution in [0.1, 0.15) is 12.1 Å². The molecule has 1 aliphatic heterocycles. The van der Waals surface area contributed by atoms with E-state index in [1.165, 1.54) is 0 Å². The maximum absolute atomic E-state index is 11.4. The molecule has 0 atom stereocenters. The summed E-state index contributed by atoms with van der Waals surface area (Å²) in [6.07, 6.45) is 0.915. The second-order valence-electron chi connectivity index (χ2n) is 5.96. The van der Waals surface area contributed by atoms with Crippen molar-refractivity contribution in [2.45, 2.75) is 6.42 Å². The molecule has 0 unspecified atom stereocenters. The maximum atomic E-state index is 11.4. The number of nitrogens with zero attached hydrogens (tertiary/aromatic N) is 3. The SMILES string of the molecule is N#Cc1cc(NCCCN2CCS(=O)(=O)CC2)c2ccccc2n1. The lowest BCUT2D eigenvalue weighted by Gasteiger charge is -2.26. The van der Waals surface area contributed by atoms with Gasteiger partial charge in [-0.15, -0.1) is 0 Å². The monoisotopic (exact) mass is 344 g/mol. The van der Waals surface area contributed by atoms with Crippen LogP contribution in [0.4, 0.5) is 5.69 Å². The molecular weight excluding hydrogens is 324 g/mol. The number of sulfone groups is 1. The van der Waals surface area contributed by atoms with Crippen LogP contribution in [-0.4, -0.2) is 56.0 Å². The number of anilines is 1. The summed E-state index contributed by atoms with van der Waals surface area (Å²) < 4.78 is 22.8. The Labute approximate surface area is 142 Å². The summed E-state index contributed by atoms with van der Waals surface area (Å²) in [4.78, 5) is 6.49. The molecule has 1 fully saturated rings. The molecule has 0 radical (unpaired) electrons. The highest BCUT2D eigenvalue weighted by atomic mass is 32.2. The van der Waals surface area contributed by atoms with Crippen molar-refractivity contribution in [3.05, 3.63) is 36.0 Å².